The monoisotopic (exact) mass is 315 g/mol. The average Bonchev–Trinajstić information content (AvgIpc) is 2.36. The lowest BCUT2D eigenvalue weighted by atomic mass is 10.1. The third-order valence-corrected chi connectivity index (χ3v) is 4.70. The Morgan fingerprint density at radius 1 is 1.38 bits per heavy atom. The molecule has 1 atom stereocenters. The van der Waals surface area contributed by atoms with E-state index < -0.39 is 14.9 Å². The predicted octanol–water partition coefficient (Wildman–Crippen LogP) is 1.55. The first-order valence-corrected chi connectivity index (χ1v) is 8.13. The lowest BCUT2D eigenvalue weighted by Gasteiger charge is -2.19. The average molecular weight is 315 g/mol. The largest absolute Gasteiger partial charge is 0.329 e. The summed E-state index contributed by atoms with van der Waals surface area (Å²) in [4.78, 5) is 10.2. The molecule has 0 saturated heterocycles. The zero-order valence-corrected chi connectivity index (χ0v) is 13.2. The highest BCUT2D eigenvalue weighted by Crippen LogP contribution is 2.21. The van der Waals surface area contributed by atoms with Crippen LogP contribution in [0.1, 0.15) is 25.8 Å². The van der Waals surface area contributed by atoms with Gasteiger partial charge in [-0.25, -0.2) is 13.1 Å². The Morgan fingerprint density at radius 2 is 2.00 bits per heavy atom. The molecule has 0 bridgehead atoms. The number of sulfonamides is 1. The zero-order chi connectivity index (χ0) is 16.2. The van der Waals surface area contributed by atoms with Crippen LogP contribution in [-0.2, 0) is 10.0 Å². The molecular weight excluding hydrogens is 294 g/mol. The summed E-state index contributed by atoms with van der Waals surface area (Å²) in [7, 11) is -3.74. The van der Waals surface area contributed by atoms with E-state index in [0.29, 0.717) is 17.9 Å². The molecule has 3 N–H and O–H groups in total. The number of nitro benzene ring substituents is 1. The van der Waals surface area contributed by atoms with Gasteiger partial charge < -0.3 is 5.73 Å². The van der Waals surface area contributed by atoms with Crippen molar-refractivity contribution in [2.45, 2.75) is 38.1 Å². The zero-order valence-electron chi connectivity index (χ0n) is 12.4. The number of nitrogens with one attached hydrogen (secondary N) is 1. The fourth-order valence-corrected chi connectivity index (χ4v) is 3.58. The van der Waals surface area contributed by atoms with Gasteiger partial charge in [-0.1, -0.05) is 13.8 Å². The number of hydrogen-bond acceptors (Lipinski definition) is 5. The van der Waals surface area contributed by atoms with Gasteiger partial charge in [-0.15, -0.1) is 0 Å². The maximum atomic E-state index is 12.3. The first kappa shape index (κ1) is 17.5. The maximum absolute atomic E-state index is 12.3. The third kappa shape index (κ3) is 4.76. The molecule has 0 aromatic heterocycles. The second-order valence-electron chi connectivity index (χ2n) is 5.39. The fourth-order valence-electron chi connectivity index (χ4n) is 2.09. The number of hydrogen-bond donors (Lipinski definition) is 2. The molecule has 7 nitrogen and oxygen atoms in total. The molecule has 0 aliphatic rings. The van der Waals surface area contributed by atoms with E-state index in [1.165, 1.54) is 25.1 Å². The van der Waals surface area contributed by atoms with Crippen molar-refractivity contribution < 1.29 is 13.3 Å². The molecule has 0 heterocycles. The van der Waals surface area contributed by atoms with Gasteiger partial charge in [0.05, 0.1) is 9.82 Å². The quantitative estimate of drug-likeness (QED) is 0.585. The second kappa shape index (κ2) is 6.97. The van der Waals surface area contributed by atoms with Crippen LogP contribution in [0.3, 0.4) is 0 Å². The topological polar surface area (TPSA) is 115 Å². The van der Waals surface area contributed by atoms with E-state index in [-0.39, 0.29) is 23.2 Å². The van der Waals surface area contributed by atoms with Gasteiger partial charge in [0.15, 0.2) is 0 Å². The van der Waals surface area contributed by atoms with Crippen LogP contribution in [-0.4, -0.2) is 25.9 Å². The molecule has 0 amide bonds. The van der Waals surface area contributed by atoms with Gasteiger partial charge >= 0.3 is 0 Å². The molecule has 21 heavy (non-hydrogen) atoms. The van der Waals surface area contributed by atoms with Crippen molar-refractivity contribution in [1.82, 2.24) is 4.72 Å². The van der Waals surface area contributed by atoms with Crippen LogP contribution >= 0.6 is 0 Å². The molecule has 8 heteroatoms. The van der Waals surface area contributed by atoms with Crippen LogP contribution in [0.5, 0.6) is 0 Å². The smallest absolute Gasteiger partial charge is 0.269 e. The Labute approximate surface area is 124 Å². The van der Waals surface area contributed by atoms with Gasteiger partial charge in [0.2, 0.25) is 10.0 Å². The van der Waals surface area contributed by atoms with Gasteiger partial charge in [-0.2, -0.15) is 0 Å². The minimum atomic E-state index is -3.74. The van der Waals surface area contributed by atoms with Gasteiger partial charge in [0, 0.05) is 24.7 Å². The van der Waals surface area contributed by atoms with Crippen LogP contribution < -0.4 is 10.5 Å². The molecule has 0 fully saturated rings. The van der Waals surface area contributed by atoms with E-state index in [2.05, 4.69) is 4.72 Å². The minimum Gasteiger partial charge on any atom is -0.329 e. The lowest BCUT2D eigenvalue weighted by molar-refractivity contribution is -0.385. The first-order chi connectivity index (χ1) is 9.67. The minimum absolute atomic E-state index is 0.0373. The molecule has 118 valence electrons. The fraction of sp³-hybridized carbons (Fsp3) is 0.538. The van der Waals surface area contributed by atoms with Gasteiger partial charge in [-0.3, -0.25) is 10.1 Å². The molecule has 1 aromatic rings. The number of nitro groups is 1. The van der Waals surface area contributed by atoms with Crippen molar-refractivity contribution in [3.63, 3.8) is 0 Å². The summed E-state index contributed by atoms with van der Waals surface area (Å²) in [6, 6.07) is 3.32. The van der Waals surface area contributed by atoms with Crippen molar-refractivity contribution in [3.8, 4) is 0 Å². The van der Waals surface area contributed by atoms with Crippen LogP contribution in [0.15, 0.2) is 23.1 Å². The Kier molecular flexibility index (Phi) is 5.82. The van der Waals surface area contributed by atoms with E-state index in [1.54, 1.807) is 0 Å². The number of aryl methyl sites for hydroxylation is 1. The summed E-state index contributed by atoms with van der Waals surface area (Å²) in [6.45, 7) is 5.69. The summed E-state index contributed by atoms with van der Waals surface area (Å²) < 4.78 is 27.3. The standard InChI is InChI=1S/C13H21N3O4S/c1-9(2)6-11(8-14)15-21(19,20)13-5-4-12(16(17)18)7-10(13)3/h4-5,7,9,11,15H,6,8,14H2,1-3H3. The molecule has 0 spiro atoms. The van der Waals surface area contributed by atoms with E-state index in [1.807, 2.05) is 13.8 Å². The van der Waals surface area contributed by atoms with E-state index in [0.717, 1.165) is 0 Å². The van der Waals surface area contributed by atoms with Crippen molar-refractivity contribution in [1.29, 1.82) is 0 Å². The Balaban J connectivity index is 3.05. The van der Waals surface area contributed by atoms with Crippen molar-refractivity contribution in [2.24, 2.45) is 11.7 Å². The van der Waals surface area contributed by atoms with Gasteiger partial charge in [0.25, 0.3) is 5.69 Å². The molecule has 0 aliphatic carbocycles. The molecule has 1 aromatic carbocycles. The first-order valence-electron chi connectivity index (χ1n) is 6.64. The highest BCUT2D eigenvalue weighted by Gasteiger charge is 2.23. The Hall–Kier alpha value is -1.51. The van der Waals surface area contributed by atoms with Crippen LogP contribution in [0.25, 0.3) is 0 Å². The summed E-state index contributed by atoms with van der Waals surface area (Å²) in [6.07, 6.45) is 0.627. The maximum Gasteiger partial charge on any atom is 0.269 e. The summed E-state index contributed by atoms with van der Waals surface area (Å²) in [5.41, 5.74) is 5.79. The van der Waals surface area contributed by atoms with E-state index in [4.69, 9.17) is 5.73 Å². The van der Waals surface area contributed by atoms with E-state index >= 15 is 0 Å². The lowest BCUT2D eigenvalue weighted by Crippen LogP contribution is -2.41. The van der Waals surface area contributed by atoms with E-state index in [9.17, 15) is 18.5 Å². The number of benzene rings is 1. The predicted molar refractivity (Wildman–Crippen MR) is 80.5 cm³/mol. The molecule has 1 rings (SSSR count). The number of nitrogens with two attached hydrogens (primary N) is 1. The molecule has 0 radical (unpaired) electrons. The molecular formula is C13H21N3O4S. The normalized spacial score (nSPS) is 13.4. The van der Waals surface area contributed by atoms with Gasteiger partial charge in [0.1, 0.15) is 0 Å². The molecule has 0 saturated carbocycles. The highest BCUT2D eigenvalue weighted by atomic mass is 32.2. The second-order valence-corrected chi connectivity index (χ2v) is 7.07. The number of rotatable bonds is 7. The summed E-state index contributed by atoms with van der Waals surface area (Å²) >= 11 is 0. The Morgan fingerprint density at radius 3 is 2.43 bits per heavy atom. The number of non-ortho nitro benzene ring substituents is 1. The van der Waals surface area contributed by atoms with Crippen molar-refractivity contribution in [2.75, 3.05) is 6.54 Å². The third-order valence-electron chi connectivity index (χ3n) is 3.02. The van der Waals surface area contributed by atoms with Crippen LogP contribution in [0, 0.1) is 23.0 Å². The number of nitrogens with zero attached hydrogens (tertiary/aromatic N) is 1. The summed E-state index contributed by atoms with van der Waals surface area (Å²) in [5.74, 6) is 0.305. The molecule has 1 unspecified atom stereocenters. The summed E-state index contributed by atoms with van der Waals surface area (Å²) in [5, 5.41) is 10.7. The Bertz CT molecular complexity index is 614. The highest BCUT2D eigenvalue weighted by molar-refractivity contribution is 7.89. The van der Waals surface area contributed by atoms with Crippen LogP contribution in [0.2, 0.25) is 0 Å². The van der Waals surface area contributed by atoms with Crippen molar-refractivity contribution in [3.05, 3.63) is 33.9 Å². The van der Waals surface area contributed by atoms with Crippen molar-refractivity contribution >= 4 is 15.7 Å². The van der Waals surface area contributed by atoms with Gasteiger partial charge in [-0.05, 0) is 30.9 Å². The SMILES string of the molecule is Cc1cc([N+](=O)[O-])ccc1S(=O)(=O)NC(CN)CC(C)C. The molecule has 0 aliphatic heterocycles. The van der Waals surface area contributed by atoms with Crippen LogP contribution in [0.4, 0.5) is 5.69 Å².